The van der Waals surface area contributed by atoms with E-state index in [0.29, 0.717) is 24.7 Å². The van der Waals surface area contributed by atoms with Crippen molar-refractivity contribution in [2.75, 3.05) is 46.4 Å². The molecule has 1 aromatic rings. The average molecular weight is 394 g/mol. The number of nitrogens with zero attached hydrogens (tertiary/aromatic N) is 2. The standard InChI is InChI=1S/C20H28ClN3O3/c1-27-13-12-24-18(25)14-16(19(24)15-6-2-3-7-17(15)21)20(26)22-8-11-23-9-4-5-10-23/h2-3,6-7,16,19H,4-5,8-14H2,1H3,(H,22,26)/t16-,19+/m1/s1. The normalized spacial score (nSPS) is 23.2. The van der Waals surface area contributed by atoms with Crippen molar-refractivity contribution in [3.63, 3.8) is 0 Å². The van der Waals surface area contributed by atoms with Gasteiger partial charge in [-0.1, -0.05) is 29.8 Å². The number of carbonyl (C=O) groups excluding carboxylic acids is 2. The van der Waals surface area contributed by atoms with Gasteiger partial charge in [0.25, 0.3) is 0 Å². The molecule has 0 aliphatic carbocycles. The number of carbonyl (C=O) groups is 2. The van der Waals surface area contributed by atoms with E-state index in [1.165, 1.54) is 12.8 Å². The van der Waals surface area contributed by atoms with Crippen molar-refractivity contribution in [2.45, 2.75) is 25.3 Å². The number of hydrogen-bond donors (Lipinski definition) is 1. The Labute approximate surface area is 165 Å². The van der Waals surface area contributed by atoms with E-state index in [9.17, 15) is 9.59 Å². The maximum absolute atomic E-state index is 12.9. The van der Waals surface area contributed by atoms with Gasteiger partial charge in [-0.15, -0.1) is 0 Å². The van der Waals surface area contributed by atoms with Gasteiger partial charge < -0.3 is 19.9 Å². The van der Waals surface area contributed by atoms with Crippen molar-refractivity contribution in [2.24, 2.45) is 5.92 Å². The van der Waals surface area contributed by atoms with Crippen molar-refractivity contribution >= 4 is 23.4 Å². The number of likely N-dealkylation sites (tertiary alicyclic amines) is 2. The zero-order valence-corrected chi connectivity index (χ0v) is 16.6. The smallest absolute Gasteiger partial charge is 0.226 e. The zero-order valence-electron chi connectivity index (χ0n) is 15.8. The monoisotopic (exact) mass is 393 g/mol. The quantitative estimate of drug-likeness (QED) is 0.734. The fourth-order valence-corrected chi connectivity index (χ4v) is 4.30. The molecule has 0 unspecified atom stereocenters. The van der Waals surface area contributed by atoms with E-state index in [0.717, 1.165) is 25.2 Å². The molecule has 0 spiro atoms. The van der Waals surface area contributed by atoms with E-state index in [-0.39, 0.29) is 24.3 Å². The average Bonchev–Trinajstić information content (AvgIpc) is 3.28. The minimum Gasteiger partial charge on any atom is -0.383 e. The number of halogens is 1. The first-order valence-corrected chi connectivity index (χ1v) is 10.0. The minimum atomic E-state index is -0.437. The molecule has 1 N–H and O–H groups in total. The second-order valence-corrected chi connectivity index (χ2v) is 7.60. The van der Waals surface area contributed by atoms with Gasteiger partial charge in [-0.25, -0.2) is 0 Å². The fraction of sp³-hybridized carbons (Fsp3) is 0.600. The number of hydrogen-bond acceptors (Lipinski definition) is 4. The molecular formula is C20H28ClN3O3. The lowest BCUT2D eigenvalue weighted by atomic mass is 9.92. The van der Waals surface area contributed by atoms with Gasteiger partial charge >= 0.3 is 0 Å². The van der Waals surface area contributed by atoms with Crippen LogP contribution in [-0.4, -0.2) is 68.1 Å². The molecule has 2 aliphatic heterocycles. The Morgan fingerprint density at radius 1 is 1.26 bits per heavy atom. The molecule has 2 atom stereocenters. The number of nitrogens with one attached hydrogen (secondary N) is 1. The van der Waals surface area contributed by atoms with Crippen LogP contribution < -0.4 is 5.32 Å². The number of benzene rings is 1. The topological polar surface area (TPSA) is 61.9 Å². The molecule has 0 saturated carbocycles. The molecule has 6 nitrogen and oxygen atoms in total. The molecule has 0 aromatic heterocycles. The maximum Gasteiger partial charge on any atom is 0.226 e. The highest BCUT2D eigenvalue weighted by atomic mass is 35.5. The van der Waals surface area contributed by atoms with Crippen LogP contribution in [0.1, 0.15) is 30.9 Å². The van der Waals surface area contributed by atoms with Gasteiger partial charge in [0.2, 0.25) is 11.8 Å². The maximum atomic E-state index is 12.9. The molecule has 2 fully saturated rings. The van der Waals surface area contributed by atoms with Crippen LogP contribution in [-0.2, 0) is 14.3 Å². The van der Waals surface area contributed by atoms with Crippen molar-refractivity contribution in [3.05, 3.63) is 34.9 Å². The third kappa shape index (κ3) is 4.81. The molecule has 0 radical (unpaired) electrons. The van der Waals surface area contributed by atoms with Gasteiger partial charge in [-0.3, -0.25) is 9.59 Å². The summed E-state index contributed by atoms with van der Waals surface area (Å²) in [7, 11) is 1.60. The van der Waals surface area contributed by atoms with Gasteiger partial charge in [0.05, 0.1) is 18.6 Å². The highest BCUT2D eigenvalue weighted by Crippen LogP contribution is 2.40. The molecule has 27 heavy (non-hydrogen) atoms. The predicted octanol–water partition coefficient (Wildman–Crippen LogP) is 2.09. The first-order valence-electron chi connectivity index (χ1n) is 9.64. The summed E-state index contributed by atoms with van der Waals surface area (Å²) >= 11 is 6.40. The second-order valence-electron chi connectivity index (χ2n) is 7.20. The first kappa shape index (κ1) is 20.1. The van der Waals surface area contributed by atoms with Crippen LogP contribution in [0.3, 0.4) is 0 Å². The number of rotatable bonds is 8. The minimum absolute atomic E-state index is 0.0309. The summed E-state index contributed by atoms with van der Waals surface area (Å²) in [5.74, 6) is -0.545. The van der Waals surface area contributed by atoms with E-state index in [4.69, 9.17) is 16.3 Å². The summed E-state index contributed by atoms with van der Waals surface area (Å²) in [5.41, 5.74) is 0.820. The van der Waals surface area contributed by atoms with Gasteiger partial charge in [0.1, 0.15) is 0 Å². The third-order valence-electron chi connectivity index (χ3n) is 5.45. The Morgan fingerprint density at radius 2 is 2.00 bits per heavy atom. The summed E-state index contributed by atoms with van der Waals surface area (Å²) in [6.45, 7) is 4.54. The van der Waals surface area contributed by atoms with Crippen LogP contribution in [0.4, 0.5) is 0 Å². The van der Waals surface area contributed by atoms with Gasteiger partial charge in [-0.05, 0) is 37.6 Å². The molecule has 2 saturated heterocycles. The van der Waals surface area contributed by atoms with Crippen LogP contribution in [0.25, 0.3) is 0 Å². The van der Waals surface area contributed by atoms with Crippen molar-refractivity contribution < 1.29 is 14.3 Å². The van der Waals surface area contributed by atoms with Gasteiger partial charge in [-0.2, -0.15) is 0 Å². The van der Waals surface area contributed by atoms with E-state index in [2.05, 4.69) is 10.2 Å². The molecule has 148 valence electrons. The Bertz CT molecular complexity index is 664. The molecule has 2 amide bonds. The van der Waals surface area contributed by atoms with Crippen LogP contribution in [0.2, 0.25) is 5.02 Å². The van der Waals surface area contributed by atoms with E-state index in [1.54, 1.807) is 18.1 Å². The summed E-state index contributed by atoms with van der Waals surface area (Å²) in [4.78, 5) is 29.6. The summed E-state index contributed by atoms with van der Waals surface area (Å²) in [5, 5.41) is 3.61. The van der Waals surface area contributed by atoms with Gasteiger partial charge in [0.15, 0.2) is 0 Å². The molecular weight excluding hydrogens is 366 g/mol. The van der Waals surface area contributed by atoms with Crippen LogP contribution in [0.5, 0.6) is 0 Å². The van der Waals surface area contributed by atoms with Crippen LogP contribution >= 0.6 is 11.6 Å². The van der Waals surface area contributed by atoms with E-state index >= 15 is 0 Å². The molecule has 2 aliphatic rings. The Morgan fingerprint density at radius 3 is 2.70 bits per heavy atom. The lowest BCUT2D eigenvalue weighted by Crippen LogP contribution is -2.39. The third-order valence-corrected chi connectivity index (χ3v) is 5.80. The Kier molecular flexibility index (Phi) is 7.10. The highest BCUT2D eigenvalue weighted by molar-refractivity contribution is 6.31. The number of amides is 2. The molecule has 2 heterocycles. The van der Waals surface area contributed by atoms with Crippen LogP contribution in [0, 0.1) is 5.92 Å². The zero-order chi connectivity index (χ0) is 19.2. The SMILES string of the molecule is COCCN1C(=O)C[C@@H](C(=O)NCCN2CCCC2)[C@@H]1c1ccccc1Cl. The van der Waals surface area contributed by atoms with Crippen molar-refractivity contribution in [1.82, 2.24) is 15.1 Å². The van der Waals surface area contributed by atoms with E-state index in [1.807, 2.05) is 18.2 Å². The first-order chi connectivity index (χ1) is 13.1. The molecule has 3 rings (SSSR count). The highest BCUT2D eigenvalue weighted by Gasteiger charge is 2.44. The molecule has 0 bridgehead atoms. The fourth-order valence-electron chi connectivity index (χ4n) is 4.05. The van der Waals surface area contributed by atoms with E-state index < -0.39 is 5.92 Å². The van der Waals surface area contributed by atoms with Crippen molar-refractivity contribution in [1.29, 1.82) is 0 Å². The lowest BCUT2D eigenvalue weighted by Gasteiger charge is -2.29. The molecule has 7 heteroatoms. The summed E-state index contributed by atoms with van der Waals surface area (Å²) in [6.07, 6.45) is 2.66. The Balaban J connectivity index is 1.71. The Hall–Kier alpha value is -1.63. The second kappa shape index (κ2) is 9.53. The summed E-state index contributed by atoms with van der Waals surface area (Å²) in [6, 6.07) is 7.09. The predicted molar refractivity (Wildman–Crippen MR) is 105 cm³/mol. The number of methoxy groups -OCH3 is 1. The number of ether oxygens (including phenoxy) is 1. The van der Waals surface area contributed by atoms with Crippen molar-refractivity contribution in [3.8, 4) is 0 Å². The molecule has 1 aromatic carbocycles. The lowest BCUT2D eigenvalue weighted by molar-refractivity contribution is -0.129. The van der Waals surface area contributed by atoms with Crippen LogP contribution in [0.15, 0.2) is 24.3 Å². The summed E-state index contributed by atoms with van der Waals surface area (Å²) < 4.78 is 5.15. The van der Waals surface area contributed by atoms with Gasteiger partial charge in [0, 0.05) is 38.2 Å². The largest absolute Gasteiger partial charge is 0.383 e.